The lowest BCUT2D eigenvalue weighted by Crippen LogP contribution is -2.15. The van der Waals surface area contributed by atoms with Gasteiger partial charge in [0, 0.05) is 30.9 Å². The highest BCUT2D eigenvalue weighted by molar-refractivity contribution is 7.16. The Bertz CT molecular complexity index is 1680. The van der Waals surface area contributed by atoms with Gasteiger partial charge in [-0.25, -0.2) is 9.97 Å². The zero-order valence-electron chi connectivity index (χ0n) is 21.3. The third kappa shape index (κ3) is 5.49. The lowest BCUT2D eigenvalue weighted by molar-refractivity contribution is -0.139. The average molecular weight is 567 g/mol. The Morgan fingerprint density at radius 1 is 1.10 bits per heavy atom. The van der Waals surface area contributed by atoms with Crippen molar-refractivity contribution in [2.75, 3.05) is 18.4 Å². The van der Waals surface area contributed by atoms with Crippen LogP contribution >= 0.6 is 11.3 Å². The minimum absolute atomic E-state index is 0.0451. The third-order valence-corrected chi connectivity index (χ3v) is 7.38. The molecule has 3 heterocycles. The minimum atomic E-state index is -4.55. The first-order chi connectivity index (χ1) is 19.2. The average Bonchev–Trinajstić information content (AvgIpc) is 3.55. The Morgan fingerprint density at radius 2 is 1.88 bits per heavy atom. The number of primary amides is 1. The van der Waals surface area contributed by atoms with Crippen molar-refractivity contribution in [2.45, 2.75) is 19.2 Å². The zero-order chi connectivity index (χ0) is 28.4. The maximum Gasteiger partial charge on any atom is 0.416 e. The number of nitrogens with zero attached hydrogens (tertiary/aromatic N) is 3. The van der Waals surface area contributed by atoms with Crippen molar-refractivity contribution >= 4 is 34.1 Å². The summed E-state index contributed by atoms with van der Waals surface area (Å²) < 4.78 is 48.3. The van der Waals surface area contributed by atoms with Crippen molar-refractivity contribution in [2.24, 2.45) is 11.5 Å². The quantitative estimate of drug-likeness (QED) is 0.208. The van der Waals surface area contributed by atoms with Crippen LogP contribution in [0.25, 0.3) is 27.2 Å². The summed E-state index contributed by atoms with van der Waals surface area (Å²) in [7, 11) is 0. The van der Waals surface area contributed by atoms with Gasteiger partial charge in [0.25, 0.3) is 5.91 Å². The van der Waals surface area contributed by atoms with Crippen LogP contribution in [0.5, 0.6) is 5.75 Å². The molecule has 0 saturated carbocycles. The SMILES string of the molecule is C[C@@H](Oc1cc(-n2cnc3cc(-c4ccnc(NCCN)c4)ccc32)sc1C(N)=O)c1ccccc1C(F)(F)F. The predicted octanol–water partition coefficient (Wildman–Crippen LogP) is 5.78. The van der Waals surface area contributed by atoms with Crippen LogP contribution in [0.3, 0.4) is 0 Å². The van der Waals surface area contributed by atoms with E-state index in [-0.39, 0.29) is 16.2 Å². The molecule has 5 rings (SSSR count). The number of ether oxygens (including phenoxy) is 1. The molecular weight excluding hydrogens is 541 g/mol. The van der Waals surface area contributed by atoms with Crippen LogP contribution in [-0.2, 0) is 6.18 Å². The smallest absolute Gasteiger partial charge is 0.416 e. The number of carbonyl (C=O) groups excluding carboxylic acids is 1. The van der Waals surface area contributed by atoms with Gasteiger partial charge in [-0.05, 0) is 48.4 Å². The van der Waals surface area contributed by atoms with Gasteiger partial charge in [0.2, 0.25) is 0 Å². The van der Waals surface area contributed by atoms with Crippen LogP contribution in [0.4, 0.5) is 19.0 Å². The number of benzene rings is 2. The summed E-state index contributed by atoms with van der Waals surface area (Å²) in [4.78, 5) is 21.2. The van der Waals surface area contributed by atoms with E-state index < -0.39 is 23.8 Å². The van der Waals surface area contributed by atoms with Crippen molar-refractivity contribution in [3.05, 3.63) is 89.2 Å². The topological polar surface area (TPSA) is 121 Å². The van der Waals surface area contributed by atoms with Crippen LogP contribution in [0.2, 0.25) is 0 Å². The Kier molecular flexibility index (Phi) is 7.46. The summed E-state index contributed by atoms with van der Waals surface area (Å²) in [5.74, 6) is 0.0708. The number of hydrogen-bond acceptors (Lipinski definition) is 7. The van der Waals surface area contributed by atoms with E-state index in [1.165, 1.54) is 25.1 Å². The number of nitrogens with one attached hydrogen (secondary N) is 1. The van der Waals surface area contributed by atoms with E-state index in [2.05, 4.69) is 15.3 Å². The monoisotopic (exact) mass is 566 g/mol. The molecule has 8 nitrogen and oxygen atoms in total. The number of halogens is 3. The predicted molar refractivity (Wildman–Crippen MR) is 149 cm³/mol. The number of anilines is 1. The Hall–Kier alpha value is -4.42. The first-order valence-corrected chi connectivity index (χ1v) is 13.1. The molecule has 0 bridgehead atoms. The van der Waals surface area contributed by atoms with Gasteiger partial charge in [0.1, 0.15) is 33.9 Å². The molecule has 206 valence electrons. The molecule has 3 aromatic heterocycles. The fourth-order valence-corrected chi connectivity index (χ4v) is 5.31. The second kappa shape index (κ2) is 11.0. The number of alkyl halides is 3. The van der Waals surface area contributed by atoms with Gasteiger partial charge >= 0.3 is 6.18 Å². The normalized spacial score (nSPS) is 12.4. The van der Waals surface area contributed by atoms with Crippen LogP contribution in [0, 0.1) is 0 Å². The number of aromatic nitrogens is 3. The fraction of sp³-hybridized carbons (Fsp3) is 0.179. The molecule has 1 amide bonds. The number of carbonyl (C=O) groups is 1. The van der Waals surface area contributed by atoms with E-state index in [4.69, 9.17) is 16.2 Å². The molecule has 5 N–H and O–H groups in total. The highest BCUT2D eigenvalue weighted by atomic mass is 32.1. The maximum atomic E-state index is 13.6. The summed E-state index contributed by atoms with van der Waals surface area (Å²) in [5, 5.41) is 3.73. The van der Waals surface area contributed by atoms with Crippen molar-refractivity contribution in [1.29, 1.82) is 0 Å². The van der Waals surface area contributed by atoms with E-state index in [9.17, 15) is 18.0 Å². The summed E-state index contributed by atoms with van der Waals surface area (Å²) in [6.45, 7) is 2.59. The standard InChI is InChI=1S/C28H25F3N6O2S/c1-16(19-4-2-3-5-20(19)28(29,30)31)39-23-14-25(40-26(23)27(33)38)37-15-36-21-12-17(6-7-22(21)37)18-8-10-34-24(13-18)35-11-9-32/h2-8,10,12-16H,9,11,32H2,1H3,(H2,33,38)(H,34,35)/t16-/m1/s1. The maximum absolute atomic E-state index is 13.6. The van der Waals surface area contributed by atoms with Crippen molar-refractivity contribution < 1.29 is 22.7 Å². The number of thiophene rings is 1. The molecule has 0 aliphatic carbocycles. The van der Waals surface area contributed by atoms with Gasteiger partial charge in [-0.2, -0.15) is 13.2 Å². The van der Waals surface area contributed by atoms with Gasteiger partial charge in [0.05, 0.1) is 16.6 Å². The van der Waals surface area contributed by atoms with Gasteiger partial charge in [-0.1, -0.05) is 24.3 Å². The number of nitrogens with two attached hydrogens (primary N) is 2. The molecular formula is C28H25F3N6O2S. The van der Waals surface area contributed by atoms with Gasteiger partial charge in [-0.3, -0.25) is 9.36 Å². The Labute approximate surface area is 231 Å². The van der Waals surface area contributed by atoms with E-state index in [1.807, 2.05) is 30.3 Å². The second-order valence-electron chi connectivity index (χ2n) is 8.95. The molecule has 0 saturated heterocycles. The molecule has 40 heavy (non-hydrogen) atoms. The second-order valence-corrected chi connectivity index (χ2v) is 9.98. The van der Waals surface area contributed by atoms with Crippen LogP contribution in [0.1, 0.15) is 33.8 Å². The molecule has 5 aromatic rings. The molecule has 0 spiro atoms. The van der Waals surface area contributed by atoms with Gasteiger partial charge in [-0.15, -0.1) is 11.3 Å². The molecule has 0 fully saturated rings. The Balaban J connectivity index is 1.46. The van der Waals surface area contributed by atoms with Crippen molar-refractivity contribution in [3.8, 4) is 21.9 Å². The molecule has 0 aliphatic heterocycles. The number of pyridine rings is 1. The van der Waals surface area contributed by atoms with Gasteiger partial charge < -0.3 is 21.5 Å². The highest BCUT2D eigenvalue weighted by Crippen LogP contribution is 2.39. The lowest BCUT2D eigenvalue weighted by atomic mass is 10.0. The molecule has 0 radical (unpaired) electrons. The van der Waals surface area contributed by atoms with E-state index in [1.54, 1.807) is 23.2 Å². The van der Waals surface area contributed by atoms with Crippen molar-refractivity contribution in [3.63, 3.8) is 0 Å². The van der Waals surface area contributed by atoms with Crippen LogP contribution < -0.4 is 21.5 Å². The fourth-order valence-electron chi connectivity index (χ4n) is 4.38. The summed E-state index contributed by atoms with van der Waals surface area (Å²) >= 11 is 1.07. The van der Waals surface area contributed by atoms with Gasteiger partial charge in [0.15, 0.2) is 0 Å². The molecule has 12 heteroatoms. The summed E-state index contributed by atoms with van der Waals surface area (Å²) in [6.07, 6.45) is -2.22. The molecule has 0 aliphatic rings. The highest BCUT2D eigenvalue weighted by Gasteiger charge is 2.35. The first-order valence-electron chi connectivity index (χ1n) is 12.3. The zero-order valence-corrected chi connectivity index (χ0v) is 22.1. The summed E-state index contributed by atoms with van der Waals surface area (Å²) in [5.41, 5.74) is 13.7. The third-order valence-electron chi connectivity index (χ3n) is 6.25. The summed E-state index contributed by atoms with van der Waals surface area (Å²) in [6, 6.07) is 16.4. The largest absolute Gasteiger partial charge is 0.484 e. The molecule has 0 unspecified atom stereocenters. The first kappa shape index (κ1) is 27.2. The van der Waals surface area contributed by atoms with Crippen molar-refractivity contribution in [1.82, 2.24) is 14.5 Å². The number of rotatable bonds is 9. The van der Waals surface area contributed by atoms with E-state index in [0.29, 0.717) is 29.4 Å². The Morgan fingerprint density at radius 3 is 2.62 bits per heavy atom. The molecule has 1 atom stereocenters. The number of fused-ring (bicyclic) bond motifs is 1. The molecule has 2 aromatic carbocycles. The van der Waals surface area contributed by atoms with E-state index >= 15 is 0 Å². The van der Waals surface area contributed by atoms with Crippen LogP contribution in [0.15, 0.2) is 73.2 Å². The van der Waals surface area contributed by atoms with Crippen LogP contribution in [-0.4, -0.2) is 33.5 Å². The number of imidazole rings is 1. The number of amides is 1. The minimum Gasteiger partial charge on any atom is -0.484 e. The lowest BCUT2D eigenvalue weighted by Gasteiger charge is -2.19. The number of hydrogen-bond donors (Lipinski definition) is 3. The van der Waals surface area contributed by atoms with E-state index in [0.717, 1.165) is 34.0 Å².